The van der Waals surface area contributed by atoms with Gasteiger partial charge in [-0.25, -0.2) is 4.98 Å². The number of amides is 2. The molecule has 8 heteroatoms. The van der Waals surface area contributed by atoms with E-state index >= 15 is 0 Å². The molecule has 0 aliphatic heterocycles. The Morgan fingerprint density at radius 1 is 1.03 bits per heavy atom. The molecule has 0 aliphatic rings. The number of anilines is 2. The maximum atomic E-state index is 12.5. The van der Waals surface area contributed by atoms with Crippen LogP contribution in [-0.2, 0) is 16.0 Å². The molecule has 0 aliphatic carbocycles. The van der Waals surface area contributed by atoms with Crippen molar-refractivity contribution >= 4 is 44.2 Å². The van der Waals surface area contributed by atoms with E-state index in [9.17, 15) is 9.59 Å². The number of nitrogens with one attached hydrogen (secondary N) is 2. The van der Waals surface area contributed by atoms with E-state index in [2.05, 4.69) is 15.6 Å². The van der Waals surface area contributed by atoms with Crippen LogP contribution in [0, 0.1) is 5.92 Å². The van der Waals surface area contributed by atoms with Gasteiger partial charge in [-0.3, -0.25) is 9.59 Å². The number of carbonyl (C=O) groups excluding carboxylic acids is 2. The highest BCUT2D eigenvalue weighted by Crippen LogP contribution is 2.28. The van der Waals surface area contributed by atoms with E-state index in [1.807, 2.05) is 32.0 Å². The summed E-state index contributed by atoms with van der Waals surface area (Å²) >= 11 is 1.39. The van der Waals surface area contributed by atoms with Crippen LogP contribution < -0.4 is 20.1 Å². The summed E-state index contributed by atoms with van der Waals surface area (Å²) in [5.74, 6) is 0.856. The van der Waals surface area contributed by atoms with Crippen molar-refractivity contribution < 1.29 is 19.1 Å². The van der Waals surface area contributed by atoms with Crippen LogP contribution >= 0.6 is 11.3 Å². The lowest BCUT2D eigenvalue weighted by molar-refractivity contribution is -0.119. The van der Waals surface area contributed by atoms with Gasteiger partial charge in [0.2, 0.25) is 11.8 Å². The molecule has 1 heterocycles. The monoisotopic (exact) mass is 413 g/mol. The summed E-state index contributed by atoms with van der Waals surface area (Å²) in [6, 6.07) is 10.8. The molecule has 0 saturated heterocycles. The molecule has 0 spiro atoms. The molecule has 7 nitrogen and oxygen atoms in total. The third-order valence-electron chi connectivity index (χ3n) is 4.21. The Morgan fingerprint density at radius 3 is 2.34 bits per heavy atom. The van der Waals surface area contributed by atoms with Gasteiger partial charge in [0.05, 0.1) is 30.9 Å². The average molecular weight is 413 g/mol. The molecule has 0 radical (unpaired) electrons. The Labute approximate surface area is 173 Å². The molecule has 152 valence electrons. The largest absolute Gasteiger partial charge is 0.497 e. The van der Waals surface area contributed by atoms with Crippen molar-refractivity contribution in [3.05, 3.63) is 42.0 Å². The van der Waals surface area contributed by atoms with Crippen molar-refractivity contribution in [2.24, 2.45) is 5.92 Å². The van der Waals surface area contributed by atoms with Crippen LogP contribution in [0.5, 0.6) is 11.5 Å². The predicted octanol–water partition coefficient (Wildman–Crippen LogP) is 4.09. The second kappa shape index (κ2) is 8.91. The second-order valence-electron chi connectivity index (χ2n) is 6.79. The standard InChI is InChI=1S/C21H23N3O4S/c1-12(2)20(26)24-21-23-17-6-5-13(7-18(17)29-21)8-19(25)22-14-9-15(27-3)11-16(10-14)28-4/h5-7,9-12H,8H2,1-4H3,(H,22,25)(H,23,24,26). The van der Waals surface area contributed by atoms with Crippen molar-refractivity contribution in [1.82, 2.24) is 4.98 Å². The normalized spacial score (nSPS) is 10.8. The fourth-order valence-corrected chi connectivity index (χ4v) is 3.58. The van der Waals surface area contributed by atoms with E-state index in [0.29, 0.717) is 22.3 Å². The predicted molar refractivity (Wildman–Crippen MR) is 115 cm³/mol. The zero-order valence-electron chi connectivity index (χ0n) is 16.7. The number of benzene rings is 2. The summed E-state index contributed by atoms with van der Waals surface area (Å²) in [6.07, 6.45) is 0.209. The van der Waals surface area contributed by atoms with Gasteiger partial charge >= 0.3 is 0 Å². The number of carbonyl (C=O) groups is 2. The van der Waals surface area contributed by atoms with Gasteiger partial charge in [-0.15, -0.1) is 0 Å². The molecule has 0 fully saturated rings. The van der Waals surface area contributed by atoms with Crippen LogP contribution in [0.4, 0.5) is 10.8 Å². The number of rotatable bonds is 7. The van der Waals surface area contributed by atoms with E-state index in [1.165, 1.54) is 11.3 Å². The molecule has 0 saturated carbocycles. The van der Waals surface area contributed by atoms with Crippen molar-refractivity contribution in [3.63, 3.8) is 0 Å². The summed E-state index contributed by atoms with van der Waals surface area (Å²) in [5, 5.41) is 6.23. The zero-order valence-corrected chi connectivity index (χ0v) is 17.6. The minimum Gasteiger partial charge on any atom is -0.497 e. The van der Waals surface area contributed by atoms with E-state index in [1.54, 1.807) is 32.4 Å². The molecule has 3 aromatic rings. The first-order valence-corrected chi connectivity index (χ1v) is 9.93. The Morgan fingerprint density at radius 2 is 1.72 bits per heavy atom. The molecule has 0 bridgehead atoms. The molecule has 29 heavy (non-hydrogen) atoms. The minimum atomic E-state index is -0.155. The van der Waals surface area contributed by atoms with Gasteiger partial charge < -0.3 is 20.1 Å². The van der Waals surface area contributed by atoms with Crippen LogP contribution in [0.3, 0.4) is 0 Å². The lowest BCUT2D eigenvalue weighted by Crippen LogP contribution is -2.17. The Hall–Kier alpha value is -3.13. The number of aromatic nitrogens is 1. The third kappa shape index (κ3) is 5.23. The van der Waals surface area contributed by atoms with Crippen LogP contribution in [0.25, 0.3) is 10.2 Å². The molecule has 2 N–H and O–H groups in total. The highest BCUT2D eigenvalue weighted by molar-refractivity contribution is 7.22. The first-order chi connectivity index (χ1) is 13.9. The van der Waals surface area contributed by atoms with Gasteiger partial charge in [-0.1, -0.05) is 31.3 Å². The summed E-state index contributed by atoms with van der Waals surface area (Å²) < 4.78 is 11.4. The van der Waals surface area contributed by atoms with Gasteiger partial charge in [0.1, 0.15) is 11.5 Å². The molecule has 0 unspecified atom stereocenters. The van der Waals surface area contributed by atoms with Gasteiger partial charge in [-0.05, 0) is 17.7 Å². The van der Waals surface area contributed by atoms with E-state index < -0.39 is 0 Å². The van der Waals surface area contributed by atoms with Gasteiger partial charge in [-0.2, -0.15) is 0 Å². The second-order valence-corrected chi connectivity index (χ2v) is 7.82. The number of fused-ring (bicyclic) bond motifs is 1. The molecule has 1 aromatic heterocycles. The van der Waals surface area contributed by atoms with Gasteiger partial charge in [0.15, 0.2) is 5.13 Å². The minimum absolute atomic E-state index is 0.0719. The summed E-state index contributed by atoms with van der Waals surface area (Å²) in [4.78, 5) is 28.8. The Bertz CT molecular complexity index is 1020. The Balaban J connectivity index is 1.71. The van der Waals surface area contributed by atoms with Crippen molar-refractivity contribution in [3.8, 4) is 11.5 Å². The summed E-state index contributed by atoms with van der Waals surface area (Å²) in [6.45, 7) is 3.66. The molecule has 2 amide bonds. The summed E-state index contributed by atoms with van der Waals surface area (Å²) in [5.41, 5.74) is 2.25. The van der Waals surface area contributed by atoms with E-state index in [0.717, 1.165) is 15.8 Å². The number of ether oxygens (including phenoxy) is 2. The number of hydrogen-bond donors (Lipinski definition) is 2. The number of thiazole rings is 1. The first-order valence-electron chi connectivity index (χ1n) is 9.11. The maximum absolute atomic E-state index is 12.5. The summed E-state index contributed by atoms with van der Waals surface area (Å²) in [7, 11) is 3.12. The van der Waals surface area contributed by atoms with Crippen molar-refractivity contribution in [2.75, 3.05) is 24.9 Å². The topological polar surface area (TPSA) is 89.5 Å². The van der Waals surface area contributed by atoms with Crippen molar-refractivity contribution in [2.45, 2.75) is 20.3 Å². The fraction of sp³-hybridized carbons (Fsp3) is 0.286. The number of nitrogens with zero attached hydrogens (tertiary/aromatic N) is 1. The van der Waals surface area contributed by atoms with Crippen LogP contribution in [0.1, 0.15) is 19.4 Å². The molecule has 0 atom stereocenters. The Kier molecular flexibility index (Phi) is 6.33. The van der Waals surface area contributed by atoms with Gasteiger partial charge in [0, 0.05) is 29.8 Å². The van der Waals surface area contributed by atoms with Crippen LogP contribution in [0.2, 0.25) is 0 Å². The lowest BCUT2D eigenvalue weighted by Gasteiger charge is -2.10. The van der Waals surface area contributed by atoms with E-state index in [4.69, 9.17) is 9.47 Å². The third-order valence-corrected chi connectivity index (χ3v) is 5.14. The quantitative estimate of drug-likeness (QED) is 0.609. The molecule has 2 aromatic carbocycles. The first kappa shape index (κ1) is 20.6. The maximum Gasteiger partial charge on any atom is 0.228 e. The van der Waals surface area contributed by atoms with E-state index in [-0.39, 0.29) is 24.2 Å². The number of methoxy groups -OCH3 is 2. The van der Waals surface area contributed by atoms with Gasteiger partial charge in [0.25, 0.3) is 0 Å². The fourth-order valence-electron chi connectivity index (χ4n) is 2.65. The number of hydrogen-bond acceptors (Lipinski definition) is 6. The molecule has 3 rings (SSSR count). The highest BCUT2D eigenvalue weighted by atomic mass is 32.1. The SMILES string of the molecule is COc1cc(NC(=O)Cc2ccc3nc(NC(=O)C(C)C)sc3c2)cc(OC)c1. The van der Waals surface area contributed by atoms with Crippen LogP contribution in [0.15, 0.2) is 36.4 Å². The highest BCUT2D eigenvalue weighted by Gasteiger charge is 2.12. The zero-order chi connectivity index (χ0) is 21.0. The average Bonchev–Trinajstić information content (AvgIpc) is 3.08. The van der Waals surface area contributed by atoms with Crippen molar-refractivity contribution in [1.29, 1.82) is 0 Å². The van der Waals surface area contributed by atoms with Crippen LogP contribution in [-0.4, -0.2) is 31.0 Å². The lowest BCUT2D eigenvalue weighted by atomic mass is 10.1. The molecular formula is C21H23N3O4S. The smallest absolute Gasteiger partial charge is 0.228 e. The molecular weight excluding hydrogens is 390 g/mol.